The third-order valence-electron chi connectivity index (χ3n) is 3.78. The van der Waals surface area contributed by atoms with Crippen LogP contribution in [0.4, 0.5) is 16.5 Å². The highest BCUT2D eigenvalue weighted by atomic mass is 32.2. The van der Waals surface area contributed by atoms with Gasteiger partial charge in [0.1, 0.15) is 5.75 Å². The number of nitrogens with one attached hydrogen (secondary N) is 2. The van der Waals surface area contributed by atoms with E-state index in [1.54, 1.807) is 7.11 Å². The summed E-state index contributed by atoms with van der Waals surface area (Å²) < 4.78 is 5.94. The zero-order valence-electron chi connectivity index (χ0n) is 15.2. The molecule has 1 amide bonds. The van der Waals surface area contributed by atoms with Gasteiger partial charge < -0.3 is 15.4 Å². The van der Waals surface area contributed by atoms with Crippen LogP contribution in [-0.2, 0) is 4.79 Å². The number of carbonyl (C=O) groups is 1. The maximum Gasteiger partial charge on any atom is 0.237 e. The number of carbonyl (C=O) groups excluding carboxylic acids is 1. The monoisotopic (exact) mass is 400 g/mol. The predicted octanol–water partition coefficient (Wildman–Crippen LogP) is 4.72. The fourth-order valence-corrected chi connectivity index (χ4v) is 4.20. The molecule has 140 valence electrons. The summed E-state index contributed by atoms with van der Waals surface area (Å²) in [7, 11) is 1.63. The first kappa shape index (κ1) is 19.2. The Morgan fingerprint density at radius 1 is 1.19 bits per heavy atom. The standard InChI is InChI=1S/C19H20N4O2S2/c1-12-7-4-5-10-16(12)21-17(24)13(2)26-19-23-22-18(27-19)20-14-8-6-9-15(11-14)25-3/h4-11,13H,1-3H3,(H,20,22)(H,21,24). The normalized spacial score (nSPS) is 11.7. The van der Waals surface area contributed by atoms with E-state index in [0.29, 0.717) is 5.13 Å². The molecule has 27 heavy (non-hydrogen) atoms. The lowest BCUT2D eigenvalue weighted by molar-refractivity contribution is -0.115. The van der Waals surface area contributed by atoms with Gasteiger partial charge >= 0.3 is 0 Å². The van der Waals surface area contributed by atoms with Crippen molar-refractivity contribution in [3.63, 3.8) is 0 Å². The van der Waals surface area contributed by atoms with Gasteiger partial charge in [-0.1, -0.05) is 47.4 Å². The average molecular weight is 401 g/mol. The van der Waals surface area contributed by atoms with Gasteiger partial charge in [-0.05, 0) is 37.6 Å². The summed E-state index contributed by atoms with van der Waals surface area (Å²) in [5, 5.41) is 14.8. The molecule has 0 radical (unpaired) electrons. The quantitative estimate of drug-likeness (QED) is 0.559. The number of rotatable bonds is 7. The molecule has 0 aliphatic rings. The molecule has 3 aromatic rings. The van der Waals surface area contributed by atoms with Crippen molar-refractivity contribution in [2.24, 2.45) is 0 Å². The number of amides is 1. The second kappa shape index (κ2) is 8.88. The zero-order valence-corrected chi connectivity index (χ0v) is 16.9. The molecule has 0 saturated carbocycles. The van der Waals surface area contributed by atoms with Gasteiger partial charge in [0.25, 0.3) is 0 Å². The number of hydrogen-bond acceptors (Lipinski definition) is 7. The summed E-state index contributed by atoms with van der Waals surface area (Å²) in [4.78, 5) is 12.4. The fourth-order valence-electron chi connectivity index (χ4n) is 2.28. The number of ether oxygens (including phenoxy) is 1. The molecular weight excluding hydrogens is 380 g/mol. The van der Waals surface area contributed by atoms with E-state index in [2.05, 4.69) is 20.8 Å². The van der Waals surface area contributed by atoms with Gasteiger partial charge in [0.15, 0.2) is 4.34 Å². The van der Waals surface area contributed by atoms with E-state index < -0.39 is 0 Å². The molecule has 0 bridgehead atoms. The van der Waals surface area contributed by atoms with Crippen LogP contribution in [0, 0.1) is 6.92 Å². The van der Waals surface area contributed by atoms with Gasteiger partial charge in [-0.25, -0.2) is 0 Å². The van der Waals surface area contributed by atoms with Crippen LogP contribution in [0.1, 0.15) is 12.5 Å². The summed E-state index contributed by atoms with van der Waals surface area (Å²) >= 11 is 2.79. The number of aromatic nitrogens is 2. The predicted molar refractivity (Wildman–Crippen MR) is 111 cm³/mol. The van der Waals surface area contributed by atoms with Gasteiger partial charge in [0, 0.05) is 17.4 Å². The molecule has 0 aliphatic heterocycles. The lowest BCUT2D eigenvalue weighted by atomic mass is 10.2. The Balaban J connectivity index is 1.59. The minimum Gasteiger partial charge on any atom is -0.497 e. The molecule has 8 heteroatoms. The molecule has 1 heterocycles. The van der Waals surface area contributed by atoms with E-state index in [-0.39, 0.29) is 11.2 Å². The maximum atomic E-state index is 12.4. The Bertz CT molecular complexity index is 929. The molecule has 0 saturated heterocycles. The summed E-state index contributed by atoms with van der Waals surface area (Å²) in [6.45, 7) is 3.82. The maximum absolute atomic E-state index is 12.4. The average Bonchev–Trinajstić information content (AvgIpc) is 3.10. The number of para-hydroxylation sites is 1. The van der Waals surface area contributed by atoms with E-state index in [4.69, 9.17) is 4.74 Å². The van der Waals surface area contributed by atoms with Crippen LogP contribution in [0.3, 0.4) is 0 Å². The molecule has 0 aliphatic carbocycles. The summed E-state index contributed by atoms with van der Waals surface area (Å²) in [5.74, 6) is 0.701. The largest absolute Gasteiger partial charge is 0.497 e. The highest BCUT2D eigenvalue weighted by Gasteiger charge is 2.18. The van der Waals surface area contributed by atoms with E-state index in [9.17, 15) is 4.79 Å². The molecule has 1 unspecified atom stereocenters. The second-order valence-electron chi connectivity index (χ2n) is 5.79. The van der Waals surface area contributed by atoms with Crippen LogP contribution in [0.5, 0.6) is 5.75 Å². The van der Waals surface area contributed by atoms with Crippen molar-refractivity contribution in [1.82, 2.24) is 10.2 Å². The number of methoxy groups -OCH3 is 1. The van der Waals surface area contributed by atoms with E-state index in [1.807, 2.05) is 62.4 Å². The minimum atomic E-state index is -0.290. The molecule has 1 aromatic heterocycles. The van der Waals surface area contributed by atoms with Gasteiger partial charge in [0.05, 0.1) is 12.4 Å². The van der Waals surface area contributed by atoms with E-state index >= 15 is 0 Å². The molecule has 0 fully saturated rings. The van der Waals surface area contributed by atoms with Gasteiger partial charge in [-0.15, -0.1) is 10.2 Å². The number of hydrogen-bond donors (Lipinski definition) is 2. The van der Waals surface area contributed by atoms with Crippen molar-refractivity contribution < 1.29 is 9.53 Å². The van der Waals surface area contributed by atoms with Crippen molar-refractivity contribution in [1.29, 1.82) is 0 Å². The smallest absolute Gasteiger partial charge is 0.237 e. The van der Waals surface area contributed by atoms with Crippen molar-refractivity contribution in [3.8, 4) is 5.75 Å². The van der Waals surface area contributed by atoms with Crippen LogP contribution in [0.15, 0.2) is 52.9 Å². The Kier molecular flexibility index (Phi) is 6.31. The van der Waals surface area contributed by atoms with E-state index in [0.717, 1.165) is 27.0 Å². The topological polar surface area (TPSA) is 76.1 Å². The van der Waals surface area contributed by atoms with Crippen LogP contribution in [-0.4, -0.2) is 28.5 Å². The van der Waals surface area contributed by atoms with Crippen molar-refractivity contribution >= 4 is 45.5 Å². The highest BCUT2D eigenvalue weighted by Crippen LogP contribution is 2.31. The molecule has 3 rings (SSSR count). The van der Waals surface area contributed by atoms with Crippen molar-refractivity contribution in [3.05, 3.63) is 54.1 Å². The third kappa shape index (κ3) is 5.21. The summed E-state index contributed by atoms with van der Waals surface area (Å²) in [5.41, 5.74) is 2.73. The second-order valence-corrected chi connectivity index (χ2v) is 8.36. The van der Waals surface area contributed by atoms with Gasteiger partial charge in [0.2, 0.25) is 11.0 Å². The van der Waals surface area contributed by atoms with E-state index in [1.165, 1.54) is 23.1 Å². The summed E-state index contributed by atoms with van der Waals surface area (Å²) in [6, 6.07) is 15.3. The third-order valence-corrected chi connectivity index (χ3v) is 5.80. The van der Waals surface area contributed by atoms with Crippen LogP contribution in [0.2, 0.25) is 0 Å². The first-order valence-electron chi connectivity index (χ1n) is 8.33. The molecule has 2 N–H and O–H groups in total. The van der Waals surface area contributed by atoms with Crippen molar-refractivity contribution in [2.45, 2.75) is 23.4 Å². The number of benzene rings is 2. The fraction of sp³-hybridized carbons (Fsp3) is 0.211. The number of anilines is 3. The number of nitrogens with zero attached hydrogens (tertiary/aromatic N) is 2. The molecule has 6 nitrogen and oxygen atoms in total. The Morgan fingerprint density at radius 3 is 2.78 bits per heavy atom. The molecular formula is C19H20N4O2S2. The SMILES string of the molecule is COc1cccc(Nc2nnc(SC(C)C(=O)Nc3ccccc3C)s2)c1. The Labute approximate surface area is 166 Å². The first-order chi connectivity index (χ1) is 13.0. The van der Waals surface area contributed by atoms with Crippen LogP contribution >= 0.6 is 23.1 Å². The Hall–Kier alpha value is -2.58. The zero-order chi connectivity index (χ0) is 19.2. The first-order valence-corrected chi connectivity index (χ1v) is 10.0. The van der Waals surface area contributed by atoms with Crippen LogP contribution < -0.4 is 15.4 Å². The number of aryl methyl sites for hydroxylation is 1. The van der Waals surface area contributed by atoms with Gasteiger partial charge in [-0.2, -0.15) is 0 Å². The highest BCUT2D eigenvalue weighted by molar-refractivity contribution is 8.02. The van der Waals surface area contributed by atoms with Crippen LogP contribution in [0.25, 0.3) is 0 Å². The lowest BCUT2D eigenvalue weighted by Crippen LogP contribution is -2.22. The number of thioether (sulfide) groups is 1. The lowest BCUT2D eigenvalue weighted by Gasteiger charge is -2.11. The van der Waals surface area contributed by atoms with Crippen molar-refractivity contribution in [2.75, 3.05) is 17.7 Å². The minimum absolute atomic E-state index is 0.0631. The van der Waals surface area contributed by atoms with Gasteiger partial charge in [-0.3, -0.25) is 4.79 Å². The molecule has 2 aromatic carbocycles. The molecule has 1 atom stereocenters. The molecule has 0 spiro atoms. The summed E-state index contributed by atoms with van der Waals surface area (Å²) in [6.07, 6.45) is 0. The Morgan fingerprint density at radius 2 is 2.00 bits per heavy atom.